The van der Waals surface area contributed by atoms with Crippen LogP contribution in [0.3, 0.4) is 0 Å². The van der Waals surface area contributed by atoms with Gasteiger partial charge in [-0.1, -0.05) is 66.8 Å². The summed E-state index contributed by atoms with van der Waals surface area (Å²) in [6.45, 7) is 9.47. The molecule has 1 aromatic carbocycles. The number of rotatable bonds is 3. The Morgan fingerprint density at radius 3 is 2.41 bits per heavy atom. The van der Waals surface area contributed by atoms with Gasteiger partial charge >= 0.3 is 0 Å². The summed E-state index contributed by atoms with van der Waals surface area (Å²) >= 11 is 0. The third kappa shape index (κ3) is 2.98. The number of allylic oxidation sites excluding steroid dienone is 4. The Morgan fingerprint density at radius 2 is 1.82 bits per heavy atom. The van der Waals surface area contributed by atoms with Crippen molar-refractivity contribution in [2.45, 2.75) is 39.4 Å². The van der Waals surface area contributed by atoms with Crippen molar-refractivity contribution in [3.05, 3.63) is 58.3 Å². The van der Waals surface area contributed by atoms with Gasteiger partial charge in [-0.25, -0.2) is 0 Å². The van der Waals surface area contributed by atoms with E-state index in [1.54, 1.807) is 10.8 Å². The standard InChI is InChI=1S/C16H22Si/c1-13-7-5-6-8-15(13)11-14-9-10-16(12-14)17(2,3)4/h5-8,10,12H,9,11H2,1-4H3. The van der Waals surface area contributed by atoms with Crippen LogP contribution in [0.1, 0.15) is 17.5 Å². The molecule has 1 heteroatoms. The van der Waals surface area contributed by atoms with Gasteiger partial charge in [0, 0.05) is 0 Å². The molecule has 0 spiro atoms. The summed E-state index contributed by atoms with van der Waals surface area (Å²) in [4.78, 5) is 0. The normalized spacial score (nSPS) is 15.8. The quantitative estimate of drug-likeness (QED) is 0.676. The molecule has 0 heterocycles. The van der Waals surface area contributed by atoms with Crippen LogP contribution in [-0.4, -0.2) is 8.07 Å². The average molecular weight is 242 g/mol. The fourth-order valence-corrected chi connectivity index (χ4v) is 3.63. The Morgan fingerprint density at radius 1 is 1.12 bits per heavy atom. The number of benzene rings is 1. The van der Waals surface area contributed by atoms with Crippen molar-refractivity contribution in [1.82, 2.24) is 0 Å². The molecule has 17 heavy (non-hydrogen) atoms. The van der Waals surface area contributed by atoms with Crippen molar-refractivity contribution < 1.29 is 0 Å². The molecule has 0 bridgehead atoms. The first kappa shape index (κ1) is 12.4. The second-order valence-corrected chi connectivity index (χ2v) is 11.1. The van der Waals surface area contributed by atoms with Crippen LogP contribution in [0.15, 0.2) is 47.2 Å². The zero-order valence-corrected chi connectivity index (χ0v) is 12.4. The molecule has 0 saturated carbocycles. The Hall–Kier alpha value is -1.08. The van der Waals surface area contributed by atoms with E-state index in [1.807, 2.05) is 0 Å². The van der Waals surface area contributed by atoms with E-state index in [1.165, 1.54) is 11.1 Å². The van der Waals surface area contributed by atoms with E-state index in [4.69, 9.17) is 0 Å². The monoisotopic (exact) mass is 242 g/mol. The Labute approximate surface area is 106 Å². The van der Waals surface area contributed by atoms with Crippen molar-refractivity contribution in [3.8, 4) is 0 Å². The lowest BCUT2D eigenvalue weighted by molar-refractivity contribution is 1.07. The van der Waals surface area contributed by atoms with Crippen LogP contribution in [0.25, 0.3) is 0 Å². The summed E-state index contributed by atoms with van der Waals surface area (Å²) in [6.07, 6.45) is 7.18. The van der Waals surface area contributed by atoms with Crippen molar-refractivity contribution in [3.63, 3.8) is 0 Å². The molecular formula is C16H22Si. The second kappa shape index (κ2) is 4.65. The van der Waals surface area contributed by atoms with E-state index in [0.29, 0.717) is 0 Å². The van der Waals surface area contributed by atoms with E-state index in [9.17, 15) is 0 Å². The molecule has 1 aliphatic rings. The molecule has 2 rings (SSSR count). The lowest BCUT2D eigenvalue weighted by Crippen LogP contribution is -2.21. The molecule has 0 amide bonds. The molecule has 0 aromatic heterocycles. The van der Waals surface area contributed by atoms with Crippen LogP contribution in [0.2, 0.25) is 19.6 Å². The zero-order chi connectivity index (χ0) is 12.5. The minimum atomic E-state index is -1.11. The molecule has 0 unspecified atom stereocenters. The van der Waals surface area contributed by atoms with E-state index in [2.05, 4.69) is 63.0 Å². The molecule has 90 valence electrons. The highest BCUT2D eigenvalue weighted by Gasteiger charge is 2.21. The molecule has 1 aliphatic carbocycles. The van der Waals surface area contributed by atoms with Crippen LogP contribution in [0, 0.1) is 6.92 Å². The lowest BCUT2D eigenvalue weighted by atomic mass is 10.0. The second-order valence-electron chi connectivity index (χ2n) is 6.02. The van der Waals surface area contributed by atoms with Gasteiger partial charge in [0.2, 0.25) is 0 Å². The predicted octanol–water partition coefficient (Wildman–Crippen LogP) is 4.67. The van der Waals surface area contributed by atoms with E-state index in [-0.39, 0.29) is 0 Å². The highest BCUT2D eigenvalue weighted by molar-refractivity contribution is 6.83. The summed E-state index contributed by atoms with van der Waals surface area (Å²) in [5, 5.41) is 1.63. The van der Waals surface area contributed by atoms with Crippen LogP contribution < -0.4 is 0 Å². The van der Waals surface area contributed by atoms with E-state index >= 15 is 0 Å². The summed E-state index contributed by atoms with van der Waals surface area (Å²) in [5.74, 6) is 0. The topological polar surface area (TPSA) is 0 Å². The van der Waals surface area contributed by atoms with Crippen molar-refractivity contribution in [2.75, 3.05) is 0 Å². The summed E-state index contributed by atoms with van der Waals surface area (Å²) < 4.78 is 0. The summed E-state index contributed by atoms with van der Waals surface area (Å²) in [7, 11) is -1.11. The molecular weight excluding hydrogens is 220 g/mol. The highest BCUT2D eigenvalue weighted by atomic mass is 28.3. The molecule has 0 fully saturated rings. The Kier molecular flexibility index (Phi) is 3.39. The van der Waals surface area contributed by atoms with Gasteiger partial charge in [-0.3, -0.25) is 0 Å². The SMILES string of the molecule is Cc1ccccc1CC1=CC([Si](C)(C)C)=CC1. The number of hydrogen-bond acceptors (Lipinski definition) is 0. The van der Waals surface area contributed by atoms with Crippen molar-refractivity contribution in [2.24, 2.45) is 0 Å². The van der Waals surface area contributed by atoms with Gasteiger partial charge in [0.05, 0.1) is 8.07 Å². The first-order chi connectivity index (χ1) is 7.97. The number of aryl methyl sites for hydroxylation is 1. The Balaban J connectivity index is 2.12. The zero-order valence-electron chi connectivity index (χ0n) is 11.4. The maximum Gasteiger partial charge on any atom is 0.0771 e. The fourth-order valence-electron chi connectivity index (χ4n) is 2.28. The average Bonchev–Trinajstić information content (AvgIpc) is 2.69. The minimum absolute atomic E-state index is 1.11. The third-order valence-electron chi connectivity index (χ3n) is 3.49. The molecule has 0 aliphatic heterocycles. The van der Waals surface area contributed by atoms with E-state index < -0.39 is 8.07 Å². The van der Waals surface area contributed by atoms with E-state index in [0.717, 1.165) is 12.8 Å². The molecule has 0 N–H and O–H groups in total. The fraction of sp³-hybridized carbons (Fsp3) is 0.375. The van der Waals surface area contributed by atoms with Gasteiger partial charge in [-0.2, -0.15) is 0 Å². The molecule has 0 nitrogen and oxygen atoms in total. The predicted molar refractivity (Wildman–Crippen MR) is 79.0 cm³/mol. The Bertz CT molecular complexity index is 473. The van der Waals surface area contributed by atoms with Crippen molar-refractivity contribution in [1.29, 1.82) is 0 Å². The van der Waals surface area contributed by atoms with Crippen LogP contribution in [-0.2, 0) is 6.42 Å². The van der Waals surface area contributed by atoms with Gasteiger partial charge in [0.15, 0.2) is 0 Å². The largest absolute Gasteiger partial charge is 0.0812 e. The van der Waals surface area contributed by atoms with Gasteiger partial charge in [0.25, 0.3) is 0 Å². The van der Waals surface area contributed by atoms with Gasteiger partial charge in [-0.05, 0) is 30.9 Å². The molecule has 0 atom stereocenters. The van der Waals surface area contributed by atoms with Gasteiger partial charge in [-0.15, -0.1) is 0 Å². The number of hydrogen-bond donors (Lipinski definition) is 0. The van der Waals surface area contributed by atoms with Gasteiger partial charge in [0.1, 0.15) is 0 Å². The smallest absolute Gasteiger partial charge is 0.0771 e. The van der Waals surface area contributed by atoms with Gasteiger partial charge < -0.3 is 0 Å². The molecule has 0 radical (unpaired) electrons. The molecule has 1 aromatic rings. The first-order valence-corrected chi connectivity index (χ1v) is 9.91. The highest BCUT2D eigenvalue weighted by Crippen LogP contribution is 2.28. The third-order valence-corrected chi connectivity index (χ3v) is 5.57. The minimum Gasteiger partial charge on any atom is -0.0812 e. The maximum absolute atomic E-state index is 2.46. The first-order valence-electron chi connectivity index (χ1n) is 6.41. The van der Waals surface area contributed by atoms with Crippen LogP contribution in [0.4, 0.5) is 0 Å². The van der Waals surface area contributed by atoms with Crippen molar-refractivity contribution >= 4 is 8.07 Å². The maximum atomic E-state index is 2.46. The lowest BCUT2D eigenvalue weighted by Gasteiger charge is -2.15. The molecule has 0 saturated heterocycles. The van der Waals surface area contributed by atoms with Crippen LogP contribution in [0.5, 0.6) is 0 Å². The summed E-state index contributed by atoms with van der Waals surface area (Å²) in [5.41, 5.74) is 4.47. The van der Waals surface area contributed by atoms with Crippen LogP contribution >= 0.6 is 0 Å². The summed E-state index contributed by atoms with van der Waals surface area (Å²) in [6, 6.07) is 8.72.